The van der Waals surface area contributed by atoms with E-state index in [1.807, 2.05) is 54.6 Å². The first kappa shape index (κ1) is 27.0. The first-order valence-corrected chi connectivity index (χ1v) is 12.4. The van der Waals surface area contributed by atoms with Gasteiger partial charge >= 0.3 is 12.1 Å². The van der Waals surface area contributed by atoms with Gasteiger partial charge in [0.05, 0.1) is 31.0 Å². The van der Waals surface area contributed by atoms with Gasteiger partial charge in [-0.15, -0.1) is 0 Å². The average Bonchev–Trinajstić information content (AvgIpc) is 3.44. The van der Waals surface area contributed by atoms with Gasteiger partial charge in [-0.25, -0.2) is 9.59 Å². The number of alkyl carbamates (subject to hydrolysis) is 1. The van der Waals surface area contributed by atoms with Crippen LogP contribution in [0.5, 0.6) is 5.75 Å². The van der Waals surface area contributed by atoms with Crippen LogP contribution >= 0.6 is 11.6 Å². The number of H-pyrrole nitrogens is 1. The standard InChI is InChI=1S/C28H29ClN4O5/c1-36-21-10-8-18(9-11-21)14-30-15-22-20(12-24(29)26-23(22)16-31-33-26)13-25(27(34)37-2)32-28(35)38-17-19-6-4-3-5-7-19/h3-12,16,25,30H,13-15,17H2,1-2H3,(H,31,33)(H,32,35). The number of amides is 1. The van der Waals surface area contributed by atoms with Crippen LogP contribution in [0.4, 0.5) is 4.79 Å². The van der Waals surface area contributed by atoms with Crippen LogP contribution < -0.4 is 15.4 Å². The molecule has 0 fully saturated rings. The van der Waals surface area contributed by atoms with Crippen LogP contribution in [-0.2, 0) is 40.4 Å². The number of esters is 1. The fraction of sp³-hybridized carbons (Fsp3) is 0.250. The second-order valence-electron chi connectivity index (χ2n) is 8.59. The Morgan fingerprint density at radius 2 is 1.79 bits per heavy atom. The van der Waals surface area contributed by atoms with Crippen molar-refractivity contribution in [2.45, 2.75) is 32.2 Å². The Morgan fingerprint density at radius 3 is 2.50 bits per heavy atom. The van der Waals surface area contributed by atoms with E-state index in [0.717, 1.165) is 33.4 Å². The average molecular weight is 537 g/mol. The lowest BCUT2D eigenvalue weighted by molar-refractivity contribution is -0.143. The second-order valence-corrected chi connectivity index (χ2v) is 9.00. The van der Waals surface area contributed by atoms with Crippen LogP contribution in [0.1, 0.15) is 22.3 Å². The van der Waals surface area contributed by atoms with Gasteiger partial charge in [-0.3, -0.25) is 5.10 Å². The van der Waals surface area contributed by atoms with Crippen molar-refractivity contribution in [2.24, 2.45) is 0 Å². The summed E-state index contributed by atoms with van der Waals surface area (Å²) in [5.41, 5.74) is 4.28. The molecule has 4 rings (SSSR count). The van der Waals surface area contributed by atoms with Gasteiger partial charge in [-0.2, -0.15) is 5.10 Å². The number of benzene rings is 3. The highest BCUT2D eigenvalue weighted by atomic mass is 35.5. The van der Waals surface area contributed by atoms with Crippen LogP contribution in [0, 0.1) is 0 Å². The van der Waals surface area contributed by atoms with E-state index in [9.17, 15) is 9.59 Å². The highest BCUT2D eigenvalue weighted by Gasteiger charge is 2.25. The third-order valence-corrected chi connectivity index (χ3v) is 6.39. The molecule has 0 aliphatic heterocycles. The highest BCUT2D eigenvalue weighted by Crippen LogP contribution is 2.29. The van der Waals surface area contributed by atoms with Gasteiger partial charge in [0, 0.05) is 24.9 Å². The number of nitrogens with zero attached hydrogens (tertiary/aromatic N) is 1. The molecule has 3 aromatic carbocycles. The summed E-state index contributed by atoms with van der Waals surface area (Å²) in [6, 6.07) is 17.9. The van der Waals surface area contributed by atoms with Crippen molar-refractivity contribution in [2.75, 3.05) is 14.2 Å². The molecule has 9 nitrogen and oxygen atoms in total. The first-order valence-electron chi connectivity index (χ1n) is 12.0. The SMILES string of the molecule is COC(=O)C(Cc1cc(Cl)c2[nH]ncc2c1CNCc1ccc(OC)cc1)NC(=O)OCc1ccccc1. The van der Waals surface area contributed by atoms with Crippen molar-refractivity contribution in [3.8, 4) is 5.75 Å². The zero-order valence-electron chi connectivity index (χ0n) is 21.1. The van der Waals surface area contributed by atoms with Crippen LogP contribution in [0.15, 0.2) is 66.9 Å². The van der Waals surface area contributed by atoms with Crippen molar-refractivity contribution in [3.63, 3.8) is 0 Å². The van der Waals surface area contributed by atoms with Crippen LogP contribution in [0.3, 0.4) is 0 Å². The molecule has 0 spiro atoms. The molecule has 1 amide bonds. The third kappa shape index (κ3) is 6.81. The molecule has 38 heavy (non-hydrogen) atoms. The predicted molar refractivity (Wildman–Crippen MR) is 144 cm³/mol. The molecule has 4 aromatic rings. The molecule has 1 aromatic heterocycles. The van der Waals surface area contributed by atoms with E-state index in [-0.39, 0.29) is 13.0 Å². The summed E-state index contributed by atoms with van der Waals surface area (Å²) in [5, 5.41) is 14.4. The van der Waals surface area contributed by atoms with E-state index < -0.39 is 18.1 Å². The van der Waals surface area contributed by atoms with Crippen molar-refractivity contribution >= 4 is 34.6 Å². The Hall–Kier alpha value is -4.08. The fourth-order valence-corrected chi connectivity index (χ4v) is 4.39. The number of halogens is 1. The molecule has 0 saturated heterocycles. The van der Waals surface area contributed by atoms with Crippen LogP contribution in [-0.4, -0.2) is 42.5 Å². The molecule has 0 radical (unpaired) electrons. The lowest BCUT2D eigenvalue weighted by Crippen LogP contribution is -2.43. The Labute approximate surface area is 225 Å². The molecule has 10 heteroatoms. The number of hydrogen-bond donors (Lipinski definition) is 3. The zero-order chi connectivity index (χ0) is 26.9. The number of fused-ring (bicyclic) bond motifs is 1. The minimum atomic E-state index is -0.982. The van der Waals surface area contributed by atoms with Gasteiger partial charge < -0.3 is 24.8 Å². The largest absolute Gasteiger partial charge is 0.497 e. The fourth-order valence-electron chi connectivity index (χ4n) is 4.11. The van der Waals surface area contributed by atoms with E-state index in [2.05, 4.69) is 20.8 Å². The van der Waals surface area contributed by atoms with Gasteiger partial charge in [-0.05, 0) is 40.5 Å². The zero-order valence-corrected chi connectivity index (χ0v) is 21.9. The van der Waals surface area contributed by atoms with E-state index in [1.165, 1.54) is 7.11 Å². The van der Waals surface area contributed by atoms with Crippen molar-refractivity contribution in [1.82, 2.24) is 20.8 Å². The molecule has 1 atom stereocenters. The summed E-state index contributed by atoms with van der Waals surface area (Å²) in [5.74, 6) is 0.194. The minimum Gasteiger partial charge on any atom is -0.497 e. The molecule has 198 valence electrons. The Bertz CT molecular complexity index is 1380. The number of aromatic amines is 1. The molecule has 0 saturated carbocycles. The molecule has 0 bridgehead atoms. The number of aromatic nitrogens is 2. The maximum atomic E-state index is 12.6. The Kier molecular flexibility index (Phi) is 9.18. The summed E-state index contributed by atoms with van der Waals surface area (Å²) in [6.45, 7) is 1.16. The van der Waals surface area contributed by atoms with Crippen molar-refractivity contribution in [1.29, 1.82) is 0 Å². The normalized spacial score (nSPS) is 11.7. The summed E-state index contributed by atoms with van der Waals surface area (Å²) >= 11 is 6.52. The number of carbonyl (C=O) groups excluding carboxylic acids is 2. The smallest absolute Gasteiger partial charge is 0.408 e. The van der Waals surface area contributed by atoms with E-state index in [0.29, 0.717) is 23.6 Å². The topological polar surface area (TPSA) is 115 Å². The summed E-state index contributed by atoms with van der Waals surface area (Å²) in [6.07, 6.45) is 1.12. The number of ether oxygens (including phenoxy) is 3. The predicted octanol–water partition coefficient (Wildman–Crippen LogP) is 4.53. The maximum absolute atomic E-state index is 12.6. The molecule has 1 heterocycles. The monoisotopic (exact) mass is 536 g/mol. The molecular formula is C28H29ClN4O5. The lowest BCUT2D eigenvalue weighted by Gasteiger charge is -2.19. The Morgan fingerprint density at radius 1 is 1.03 bits per heavy atom. The van der Waals surface area contributed by atoms with Gasteiger partial charge in [-0.1, -0.05) is 54.1 Å². The highest BCUT2D eigenvalue weighted by molar-refractivity contribution is 6.35. The number of carbonyl (C=O) groups is 2. The minimum absolute atomic E-state index is 0.0773. The molecule has 0 aliphatic rings. The van der Waals surface area contributed by atoms with Gasteiger partial charge in [0.15, 0.2) is 0 Å². The quantitative estimate of drug-likeness (QED) is 0.241. The molecular weight excluding hydrogens is 508 g/mol. The van der Waals surface area contributed by atoms with Gasteiger partial charge in [0.25, 0.3) is 0 Å². The number of hydrogen-bond acceptors (Lipinski definition) is 7. The third-order valence-electron chi connectivity index (χ3n) is 6.10. The van der Waals surface area contributed by atoms with Crippen LogP contribution in [0.2, 0.25) is 5.02 Å². The van der Waals surface area contributed by atoms with Gasteiger partial charge in [0.2, 0.25) is 0 Å². The summed E-state index contributed by atoms with van der Waals surface area (Å²) in [7, 11) is 2.90. The second kappa shape index (κ2) is 12.9. The summed E-state index contributed by atoms with van der Waals surface area (Å²) in [4.78, 5) is 25.1. The first-order chi connectivity index (χ1) is 18.5. The van der Waals surface area contributed by atoms with Crippen LogP contribution in [0.25, 0.3) is 10.9 Å². The number of methoxy groups -OCH3 is 2. The maximum Gasteiger partial charge on any atom is 0.408 e. The van der Waals surface area contributed by atoms with Crippen molar-refractivity contribution in [3.05, 3.63) is 94.1 Å². The molecule has 0 aliphatic carbocycles. The molecule has 1 unspecified atom stereocenters. The lowest BCUT2D eigenvalue weighted by atomic mass is 9.97. The van der Waals surface area contributed by atoms with E-state index in [4.69, 9.17) is 25.8 Å². The number of rotatable bonds is 11. The molecule has 3 N–H and O–H groups in total. The van der Waals surface area contributed by atoms with E-state index >= 15 is 0 Å². The van der Waals surface area contributed by atoms with E-state index in [1.54, 1.807) is 19.4 Å². The van der Waals surface area contributed by atoms with Gasteiger partial charge in [0.1, 0.15) is 18.4 Å². The van der Waals surface area contributed by atoms with Crippen molar-refractivity contribution < 1.29 is 23.8 Å². The Balaban J connectivity index is 1.50. The summed E-state index contributed by atoms with van der Waals surface area (Å²) < 4.78 is 15.5. The number of nitrogens with one attached hydrogen (secondary N) is 3.